The topological polar surface area (TPSA) is 53.1 Å². The lowest BCUT2D eigenvalue weighted by atomic mass is 9.76. The molecule has 0 atom stereocenters. The van der Waals surface area contributed by atoms with Gasteiger partial charge in [0.2, 0.25) is 0 Å². The van der Waals surface area contributed by atoms with Crippen LogP contribution in [0.5, 0.6) is 0 Å². The molecule has 1 aromatic rings. The molecule has 3 nitrogen and oxygen atoms in total. The van der Waals surface area contributed by atoms with Crippen molar-refractivity contribution >= 4 is 5.97 Å². The number of rotatable bonds is 1. The lowest BCUT2D eigenvalue weighted by Gasteiger charge is -2.29. The van der Waals surface area contributed by atoms with Crippen LogP contribution in [0.15, 0.2) is 6.20 Å². The quantitative estimate of drug-likeness (QED) is 0.718. The Morgan fingerprint density at radius 3 is 2.93 bits per heavy atom. The van der Waals surface area contributed by atoms with Gasteiger partial charge < -0.3 is 10.1 Å². The lowest BCUT2D eigenvalue weighted by Crippen LogP contribution is -2.22. The molecule has 0 amide bonds. The standard InChI is InChI=1S/C11H15NO2/c1-11(2)4-3-9-7(5-11)8(6-12-9)10(13)14/h6,12H,3-5H2,1-2H3,(H,13,14). The average Bonchev–Trinajstić information content (AvgIpc) is 2.44. The minimum absolute atomic E-state index is 0.236. The van der Waals surface area contributed by atoms with Crippen molar-refractivity contribution in [2.75, 3.05) is 0 Å². The van der Waals surface area contributed by atoms with E-state index < -0.39 is 5.97 Å². The van der Waals surface area contributed by atoms with Gasteiger partial charge in [-0.1, -0.05) is 13.8 Å². The van der Waals surface area contributed by atoms with Crippen LogP contribution in [0.4, 0.5) is 0 Å². The molecule has 0 fully saturated rings. The van der Waals surface area contributed by atoms with E-state index in [2.05, 4.69) is 18.8 Å². The first-order valence-corrected chi connectivity index (χ1v) is 4.92. The third-order valence-corrected chi connectivity index (χ3v) is 3.02. The number of hydrogen-bond donors (Lipinski definition) is 2. The molecule has 0 saturated heterocycles. The Bertz CT molecular complexity index is 377. The molecule has 0 bridgehead atoms. The molecule has 0 aromatic carbocycles. The van der Waals surface area contributed by atoms with Crippen molar-refractivity contribution in [3.8, 4) is 0 Å². The van der Waals surface area contributed by atoms with Crippen LogP contribution in [0.25, 0.3) is 0 Å². The van der Waals surface area contributed by atoms with Gasteiger partial charge in [-0.25, -0.2) is 4.79 Å². The molecular weight excluding hydrogens is 178 g/mol. The monoisotopic (exact) mass is 193 g/mol. The molecule has 2 rings (SSSR count). The summed E-state index contributed by atoms with van der Waals surface area (Å²) in [5, 5.41) is 8.98. The maximum atomic E-state index is 10.9. The molecule has 0 spiro atoms. The fourth-order valence-electron chi connectivity index (χ4n) is 2.14. The van der Waals surface area contributed by atoms with Gasteiger partial charge in [0.05, 0.1) is 5.56 Å². The number of carboxylic acids is 1. The SMILES string of the molecule is CC1(C)CCc2[nH]cc(C(=O)O)c2C1. The molecule has 0 aliphatic heterocycles. The van der Waals surface area contributed by atoms with Crippen LogP contribution >= 0.6 is 0 Å². The normalized spacial score (nSPS) is 19.0. The number of aromatic amines is 1. The van der Waals surface area contributed by atoms with Crippen LogP contribution in [-0.2, 0) is 12.8 Å². The van der Waals surface area contributed by atoms with E-state index in [0.717, 1.165) is 30.5 Å². The first-order chi connectivity index (χ1) is 6.49. The predicted octanol–water partition coefficient (Wildman–Crippen LogP) is 2.23. The predicted molar refractivity (Wildman–Crippen MR) is 53.6 cm³/mol. The fourth-order valence-corrected chi connectivity index (χ4v) is 2.14. The van der Waals surface area contributed by atoms with Crippen LogP contribution in [0.3, 0.4) is 0 Å². The number of H-pyrrole nitrogens is 1. The average molecular weight is 193 g/mol. The van der Waals surface area contributed by atoms with Gasteiger partial charge in [0.1, 0.15) is 0 Å². The number of carbonyl (C=O) groups is 1. The summed E-state index contributed by atoms with van der Waals surface area (Å²) in [6.45, 7) is 4.38. The van der Waals surface area contributed by atoms with Crippen molar-refractivity contribution in [3.63, 3.8) is 0 Å². The second kappa shape index (κ2) is 2.87. The highest BCUT2D eigenvalue weighted by Gasteiger charge is 2.29. The Kier molecular flexibility index (Phi) is 1.91. The van der Waals surface area contributed by atoms with Gasteiger partial charge >= 0.3 is 5.97 Å². The lowest BCUT2D eigenvalue weighted by molar-refractivity contribution is 0.0695. The zero-order valence-corrected chi connectivity index (χ0v) is 8.55. The van der Waals surface area contributed by atoms with Gasteiger partial charge in [0, 0.05) is 11.9 Å². The second-order valence-electron chi connectivity index (χ2n) is 4.81. The Hall–Kier alpha value is -1.25. The Morgan fingerprint density at radius 2 is 2.29 bits per heavy atom. The van der Waals surface area contributed by atoms with Crippen LogP contribution < -0.4 is 0 Å². The number of fused-ring (bicyclic) bond motifs is 1. The van der Waals surface area contributed by atoms with Crippen molar-refractivity contribution in [3.05, 3.63) is 23.0 Å². The number of aromatic nitrogens is 1. The Morgan fingerprint density at radius 1 is 1.57 bits per heavy atom. The Balaban J connectivity index is 2.42. The van der Waals surface area contributed by atoms with E-state index in [1.807, 2.05) is 0 Å². The van der Waals surface area contributed by atoms with Crippen LogP contribution in [0.2, 0.25) is 0 Å². The highest BCUT2D eigenvalue weighted by molar-refractivity contribution is 5.89. The number of aryl methyl sites for hydroxylation is 1. The summed E-state index contributed by atoms with van der Waals surface area (Å²) in [7, 11) is 0. The molecule has 0 unspecified atom stereocenters. The molecule has 0 radical (unpaired) electrons. The first kappa shape index (κ1) is 9.31. The molecule has 3 heteroatoms. The second-order valence-corrected chi connectivity index (χ2v) is 4.81. The molecule has 1 aromatic heterocycles. The molecular formula is C11H15NO2. The van der Waals surface area contributed by atoms with Gasteiger partial charge in [-0.3, -0.25) is 0 Å². The zero-order chi connectivity index (χ0) is 10.3. The third kappa shape index (κ3) is 1.43. The molecule has 1 heterocycles. The van der Waals surface area contributed by atoms with Gasteiger partial charge in [0.25, 0.3) is 0 Å². The highest BCUT2D eigenvalue weighted by atomic mass is 16.4. The van der Waals surface area contributed by atoms with Crippen LogP contribution in [0, 0.1) is 5.41 Å². The minimum atomic E-state index is -0.819. The van der Waals surface area contributed by atoms with E-state index in [4.69, 9.17) is 5.11 Å². The maximum absolute atomic E-state index is 10.9. The van der Waals surface area contributed by atoms with Gasteiger partial charge in [-0.15, -0.1) is 0 Å². The van der Waals surface area contributed by atoms with Crippen molar-refractivity contribution in [2.24, 2.45) is 5.41 Å². The fraction of sp³-hybridized carbons (Fsp3) is 0.545. The van der Waals surface area contributed by atoms with Crippen molar-refractivity contribution in [2.45, 2.75) is 33.1 Å². The summed E-state index contributed by atoms with van der Waals surface area (Å²) < 4.78 is 0. The minimum Gasteiger partial charge on any atom is -0.478 e. The summed E-state index contributed by atoms with van der Waals surface area (Å²) in [6.07, 6.45) is 4.58. The molecule has 76 valence electrons. The summed E-state index contributed by atoms with van der Waals surface area (Å²) >= 11 is 0. The number of nitrogens with one attached hydrogen (secondary N) is 1. The molecule has 0 saturated carbocycles. The van der Waals surface area contributed by atoms with Gasteiger partial charge in [0.15, 0.2) is 0 Å². The largest absolute Gasteiger partial charge is 0.478 e. The summed E-state index contributed by atoms with van der Waals surface area (Å²) in [6, 6.07) is 0. The number of hydrogen-bond acceptors (Lipinski definition) is 1. The van der Waals surface area contributed by atoms with E-state index in [1.54, 1.807) is 6.20 Å². The smallest absolute Gasteiger partial charge is 0.337 e. The van der Waals surface area contributed by atoms with E-state index >= 15 is 0 Å². The van der Waals surface area contributed by atoms with Crippen LogP contribution in [0.1, 0.15) is 41.9 Å². The van der Waals surface area contributed by atoms with Crippen molar-refractivity contribution < 1.29 is 9.90 Å². The number of carboxylic acid groups (broad SMARTS) is 1. The van der Waals surface area contributed by atoms with Crippen LogP contribution in [-0.4, -0.2) is 16.1 Å². The van der Waals surface area contributed by atoms with Crippen molar-refractivity contribution in [1.29, 1.82) is 0 Å². The highest BCUT2D eigenvalue weighted by Crippen LogP contribution is 2.35. The summed E-state index contributed by atoms with van der Waals surface area (Å²) in [4.78, 5) is 14.0. The van der Waals surface area contributed by atoms with E-state index in [0.29, 0.717) is 5.56 Å². The first-order valence-electron chi connectivity index (χ1n) is 4.92. The molecule has 1 aliphatic carbocycles. The van der Waals surface area contributed by atoms with Gasteiger partial charge in [-0.2, -0.15) is 0 Å². The van der Waals surface area contributed by atoms with E-state index in [1.165, 1.54) is 0 Å². The van der Waals surface area contributed by atoms with E-state index in [9.17, 15) is 4.79 Å². The summed E-state index contributed by atoms with van der Waals surface area (Å²) in [5.41, 5.74) is 2.81. The molecule has 1 aliphatic rings. The van der Waals surface area contributed by atoms with Gasteiger partial charge in [-0.05, 0) is 30.2 Å². The van der Waals surface area contributed by atoms with Crippen molar-refractivity contribution in [1.82, 2.24) is 4.98 Å². The Labute approximate surface area is 83.1 Å². The maximum Gasteiger partial charge on any atom is 0.337 e. The number of aromatic carboxylic acids is 1. The molecule has 2 N–H and O–H groups in total. The summed E-state index contributed by atoms with van der Waals surface area (Å²) in [5.74, 6) is -0.819. The zero-order valence-electron chi connectivity index (χ0n) is 8.55. The van der Waals surface area contributed by atoms with E-state index in [-0.39, 0.29) is 5.41 Å². The third-order valence-electron chi connectivity index (χ3n) is 3.02. The molecule has 14 heavy (non-hydrogen) atoms.